The van der Waals surface area contributed by atoms with Gasteiger partial charge in [0.1, 0.15) is 0 Å². The van der Waals surface area contributed by atoms with Gasteiger partial charge in [-0.25, -0.2) is 0 Å². The lowest BCUT2D eigenvalue weighted by molar-refractivity contribution is -0.119. The molecule has 1 amide bonds. The van der Waals surface area contributed by atoms with Gasteiger partial charge in [0, 0.05) is 38.4 Å². The van der Waals surface area contributed by atoms with E-state index in [0.717, 1.165) is 51.1 Å². The van der Waals surface area contributed by atoms with E-state index in [0.29, 0.717) is 11.4 Å². The van der Waals surface area contributed by atoms with Crippen molar-refractivity contribution >= 4 is 21.8 Å². The maximum Gasteiger partial charge on any atom is 0.230 e. The van der Waals surface area contributed by atoms with E-state index in [1.165, 1.54) is 25.7 Å². The molecule has 1 N–H and O–H groups in total. The van der Waals surface area contributed by atoms with Gasteiger partial charge in [0.2, 0.25) is 5.91 Å². The number of amides is 1. The highest BCUT2D eigenvalue weighted by Crippen LogP contribution is 2.29. The van der Waals surface area contributed by atoms with Crippen LogP contribution in [0.25, 0.3) is 0 Å². The first-order chi connectivity index (χ1) is 10.2. The average molecular weight is 361 g/mol. The summed E-state index contributed by atoms with van der Waals surface area (Å²) in [6.07, 6.45) is 7.44. The Morgan fingerprint density at radius 2 is 1.86 bits per heavy atom. The van der Waals surface area contributed by atoms with Crippen LogP contribution < -0.4 is 5.32 Å². The number of alkyl halides is 1. The predicted octanol–water partition coefficient (Wildman–Crippen LogP) is 2.56. The number of carbonyl (C=O) groups is 1. The van der Waals surface area contributed by atoms with Crippen molar-refractivity contribution in [1.29, 1.82) is 0 Å². The van der Waals surface area contributed by atoms with Gasteiger partial charge in [0.15, 0.2) is 0 Å². The fourth-order valence-corrected chi connectivity index (χ4v) is 3.80. The maximum absolute atomic E-state index is 11.4. The van der Waals surface area contributed by atoms with E-state index in [1.807, 2.05) is 0 Å². The first kappa shape index (κ1) is 17.2. The Kier molecular flexibility index (Phi) is 7.47. The molecule has 4 nitrogen and oxygen atoms in total. The molecule has 0 spiro atoms. The summed E-state index contributed by atoms with van der Waals surface area (Å²) in [6.45, 7) is 6.13. The molecule has 1 saturated heterocycles. The smallest absolute Gasteiger partial charge is 0.230 e. The molecule has 0 atom stereocenters. The number of nitrogens with one attached hydrogen (secondary N) is 1. The summed E-state index contributed by atoms with van der Waals surface area (Å²) in [6, 6.07) is 1.14. The molecule has 1 aliphatic carbocycles. The number of rotatable bonds is 6. The minimum absolute atomic E-state index is 0.116. The van der Waals surface area contributed by atoms with Crippen molar-refractivity contribution in [3.05, 3.63) is 0 Å². The van der Waals surface area contributed by atoms with Gasteiger partial charge in [-0.3, -0.25) is 4.79 Å². The Hall–Kier alpha value is -0.130. The number of hydrogen-bond donors (Lipinski definition) is 1. The predicted molar refractivity (Wildman–Crippen MR) is 88.8 cm³/mol. The molecule has 0 bridgehead atoms. The zero-order valence-electron chi connectivity index (χ0n) is 13.2. The fraction of sp³-hybridized carbons (Fsp3) is 0.938. The zero-order valence-corrected chi connectivity index (χ0v) is 14.7. The van der Waals surface area contributed by atoms with Crippen molar-refractivity contribution in [3.8, 4) is 0 Å². The normalized spacial score (nSPS) is 28.5. The first-order valence-corrected chi connectivity index (χ1v) is 9.52. The van der Waals surface area contributed by atoms with Crippen LogP contribution in [0.5, 0.6) is 0 Å². The van der Waals surface area contributed by atoms with Gasteiger partial charge in [0.05, 0.1) is 5.33 Å². The summed E-state index contributed by atoms with van der Waals surface area (Å²) in [7, 11) is 0. The van der Waals surface area contributed by atoms with Crippen LogP contribution in [0.2, 0.25) is 0 Å². The minimum atomic E-state index is 0.116. The Bertz CT molecular complexity index is 311. The number of carbonyl (C=O) groups excluding carboxylic acids is 1. The highest BCUT2D eigenvalue weighted by molar-refractivity contribution is 9.09. The highest BCUT2D eigenvalue weighted by Gasteiger charge is 2.29. The van der Waals surface area contributed by atoms with Crippen molar-refractivity contribution in [2.45, 2.75) is 57.5 Å². The van der Waals surface area contributed by atoms with E-state index in [9.17, 15) is 4.79 Å². The summed E-state index contributed by atoms with van der Waals surface area (Å²) >= 11 is 3.21. The van der Waals surface area contributed by atoms with Crippen LogP contribution in [0.4, 0.5) is 0 Å². The van der Waals surface area contributed by atoms with Crippen LogP contribution in [0, 0.1) is 5.92 Å². The summed E-state index contributed by atoms with van der Waals surface area (Å²) in [5.74, 6) is 0.891. The van der Waals surface area contributed by atoms with Crippen molar-refractivity contribution in [2.75, 3.05) is 31.6 Å². The van der Waals surface area contributed by atoms with Gasteiger partial charge >= 0.3 is 0 Å². The van der Waals surface area contributed by atoms with Crippen LogP contribution in [-0.2, 0) is 9.53 Å². The van der Waals surface area contributed by atoms with E-state index in [2.05, 4.69) is 33.1 Å². The van der Waals surface area contributed by atoms with E-state index < -0.39 is 0 Å². The molecule has 0 unspecified atom stereocenters. The summed E-state index contributed by atoms with van der Waals surface area (Å²) < 4.78 is 5.56. The number of hydrogen-bond acceptors (Lipinski definition) is 3. The van der Waals surface area contributed by atoms with Gasteiger partial charge in [-0.2, -0.15) is 0 Å². The minimum Gasteiger partial charge on any atom is -0.381 e. The molecule has 122 valence electrons. The third kappa shape index (κ3) is 5.53. The van der Waals surface area contributed by atoms with Gasteiger partial charge in [-0.15, -0.1) is 0 Å². The summed E-state index contributed by atoms with van der Waals surface area (Å²) in [5, 5.41) is 3.51. The average Bonchev–Trinajstić information content (AvgIpc) is 2.54. The Morgan fingerprint density at radius 1 is 1.19 bits per heavy atom. The number of halogens is 1. The second-order valence-electron chi connectivity index (χ2n) is 6.35. The molecule has 1 saturated carbocycles. The zero-order chi connectivity index (χ0) is 15.1. The Balaban J connectivity index is 1.65. The van der Waals surface area contributed by atoms with Crippen LogP contribution in [0.1, 0.15) is 45.4 Å². The third-order valence-corrected chi connectivity index (χ3v) is 5.42. The number of likely N-dealkylation sites (tertiary alicyclic amines) is 1. The second-order valence-corrected chi connectivity index (χ2v) is 6.91. The van der Waals surface area contributed by atoms with E-state index in [-0.39, 0.29) is 5.91 Å². The molecule has 21 heavy (non-hydrogen) atoms. The van der Waals surface area contributed by atoms with Gasteiger partial charge in [-0.05, 0) is 51.4 Å². The standard InChI is InChI=1S/C16H29BrN2O2/c1-2-21-12-13-3-5-15(6-4-13)19-9-7-14(8-10-19)18-16(20)11-17/h13-15H,2-12H2,1H3,(H,18,20). The fourth-order valence-electron chi connectivity index (χ4n) is 3.64. The van der Waals surface area contributed by atoms with E-state index >= 15 is 0 Å². The van der Waals surface area contributed by atoms with Crippen LogP contribution in [0.3, 0.4) is 0 Å². The largest absolute Gasteiger partial charge is 0.381 e. The number of piperidine rings is 1. The van der Waals surface area contributed by atoms with Crippen molar-refractivity contribution < 1.29 is 9.53 Å². The Labute approximate surface area is 137 Å². The molecule has 0 aromatic carbocycles. The number of nitrogens with zero attached hydrogens (tertiary/aromatic N) is 1. The van der Waals surface area contributed by atoms with Gasteiger partial charge in [0.25, 0.3) is 0 Å². The lowest BCUT2D eigenvalue weighted by Crippen LogP contribution is -2.49. The number of ether oxygens (including phenoxy) is 1. The van der Waals surface area contributed by atoms with Crippen molar-refractivity contribution in [2.24, 2.45) is 5.92 Å². The molecular weight excluding hydrogens is 332 g/mol. The quantitative estimate of drug-likeness (QED) is 0.740. The molecule has 0 aromatic heterocycles. The molecule has 2 rings (SSSR count). The lowest BCUT2D eigenvalue weighted by atomic mass is 9.85. The molecule has 2 aliphatic rings. The Morgan fingerprint density at radius 3 is 2.43 bits per heavy atom. The molecule has 1 aliphatic heterocycles. The maximum atomic E-state index is 11.4. The molecule has 1 heterocycles. The van der Waals surface area contributed by atoms with E-state index in [1.54, 1.807) is 0 Å². The molecule has 0 aromatic rings. The van der Waals surface area contributed by atoms with Crippen LogP contribution in [0.15, 0.2) is 0 Å². The lowest BCUT2D eigenvalue weighted by Gasteiger charge is -2.40. The third-order valence-electron chi connectivity index (χ3n) is 4.91. The molecule has 2 fully saturated rings. The van der Waals surface area contributed by atoms with Crippen molar-refractivity contribution in [3.63, 3.8) is 0 Å². The van der Waals surface area contributed by atoms with Gasteiger partial charge < -0.3 is 15.0 Å². The van der Waals surface area contributed by atoms with Crippen LogP contribution in [-0.4, -0.2) is 54.5 Å². The first-order valence-electron chi connectivity index (χ1n) is 8.40. The summed E-state index contributed by atoms with van der Waals surface area (Å²) in [4.78, 5) is 14.0. The monoisotopic (exact) mass is 360 g/mol. The topological polar surface area (TPSA) is 41.6 Å². The highest BCUT2D eigenvalue weighted by atomic mass is 79.9. The second kappa shape index (κ2) is 9.11. The molecular formula is C16H29BrN2O2. The van der Waals surface area contributed by atoms with Crippen molar-refractivity contribution in [1.82, 2.24) is 10.2 Å². The van der Waals surface area contributed by atoms with E-state index in [4.69, 9.17) is 4.74 Å². The summed E-state index contributed by atoms with van der Waals surface area (Å²) in [5.41, 5.74) is 0. The molecule has 5 heteroatoms. The van der Waals surface area contributed by atoms with Crippen LogP contribution >= 0.6 is 15.9 Å². The molecule has 0 radical (unpaired) electrons. The van der Waals surface area contributed by atoms with Gasteiger partial charge in [-0.1, -0.05) is 15.9 Å². The SMILES string of the molecule is CCOCC1CCC(N2CCC(NC(=O)CBr)CC2)CC1.